The summed E-state index contributed by atoms with van der Waals surface area (Å²) >= 11 is 0. The molecule has 0 radical (unpaired) electrons. The van der Waals surface area contributed by atoms with Crippen LogP contribution in [-0.2, 0) is 32.7 Å². The molecule has 0 saturated heterocycles. The van der Waals surface area contributed by atoms with E-state index in [1.807, 2.05) is 12.1 Å². The van der Waals surface area contributed by atoms with Crippen molar-refractivity contribution in [2.45, 2.75) is 58.5 Å². The Morgan fingerprint density at radius 3 is 1.44 bits per heavy atom. The Morgan fingerprint density at radius 1 is 0.607 bits per heavy atom. The van der Waals surface area contributed by atoms with Crippen molar-refractivity contribution in [2.75, 3.05) is 10.6 Å². The van der Waals surface area contributed by atoms with Crippen LogP contribution in [-0.4, -0.2) is 51.3 Å². The van der Waals surface area contributed by atoms with E-state index in [4.69, 9.17) is 4.84 Å². The van der Waals surface area contributed by atoms with E-state index in [9.17, 15) is 37.2 Å². The first-order valence-corrected chi connectivity index (χ1v) is 20.6. The highest BCUT2D eigenvalue weighted by molar-refractivity contribution is 7.89. The zero-order valence-corrected chi connectivity index (χ0v) is 34.4. The fraction of sp³-hybridized carbons (Fsp3) is 0.182. The Hall–Kier alpha value is -7.37. The van der Waals surface area contributed by atoms with Gasteiger partial charge in [-0.3, -0.25) is 28.8 Å². The van der Waals surface area contributed by atoms with Gasteiger partial charge >= 0.3 is 5.97 Å². The first kappa shape index (κ1) is 43.2. The predicted molar refractivity (Wildman–Crippen MR) is 229 cm³/mol. The topological polar surface area (TPSA) is 218 Å². The molecular weight excluding hydrogens is 803 g/mol. The Labute approximate surface area is 350 Å². The lowest BCUT2D eigenvalue weighted by Gasteiger charge is -2.16. The number of aromatic nitrogens is 4. The highest BCUT2D eigenvalue weighted by atomic mass is 32.2. The average Bonchev–Trinajstić information content (AvgIpc) is 3.26. The molecule has 0 unspecified atom stereocenters. The third-order valence-electron chi connectivity index (χ3n) is 9.44. The van der Waals surface area contributed by atoms with Gasteiger partial charge < -0.3 is 15.5 Å². The molecule has 0 fully saturated rings. The lowest BCUT2D eigenvalue weighted by atomic mass is 10.0. The van der Waals surface area contributed by atoms with E-state index >= 15 is 0 Å². The summed E-state index contributed by atoms with van der Waals surface area (Å²) in [7, 11) is -4.38. The number of rotatable bonds is 17. The normalized spacial score (nSPS) is 11.1. The van der Waals surface area contributed by atoms with E-state index in [1.54, 1.807) is 79.4 Å². The van der Waals surface area contributed by atoms with Crippen molar-refractivity contribution in [3.63, 3.8) is 0 Å². The van der Waals surface area contributed by atoms with Crippen LogP contribution in [0, 0.1) is 0 Å². The molecule has 0 aliphatic carbocycles. The van der Waals surface area contributed by atoms with E-state index in [1.165, 1.54) is 59.6 Å². The number of carbonyl (C=O) groups excluding carboxylic acids is 4. The average molecular weight is 844 g/mol. The van der Waals surface area contributed by atoms with Crippen molar-refractivity contribution in [3.05, 3.63) is 147 Å². The predicted octanol–water partition coefficient (Wildman–Crippen LogP) is 6.47. The van der Waals surface area contributed by atoms with Crippen LogP contribution in [0.3, 0.4) is 0 Å². The number of aryl methyl sites for hydroxylation is 2. The molecule has 3 N–H and O–H groups in total. The van der Waals surface area contributed by atoms with Gasteiger partial charge in [-0.05, 0) is 81.1 Å². The molecule has 0 aliphatic rings. The molecule has 61 heavy (non-hydrogen) atoms. The molecule has 0 aliphatic heterocycles. The van der Waals surface area contributed by atoms with Crippen LogP contribution >= 0.6 is 0 Å². The molecule has 6 rings (SSSR count). The standard InChI is InChI=1S/C44H41N7O9S/c1-5-50-43(56)41(37(27(3)52)39(47-50)30-13-9-7-10-14-30)45-32-19-17-29(18-20-32)35(54)25-26-36(55)60-49-61(58,59)34-23-21-33(22-24-34)46-42-38(28(4)53)40(31-15-11-8-12-16-31)48-51(6-2)44(42)57/h7-24,45-46,49H,5-6,25-26H2,1-4H3. The summed E-state index contributed by atoms with van der Waals surface area (Å²) in [6.07, 6.45) is -0.760. The molecule has 2 aromatic heterocycles. The SMILES string of the molecule is CCn1nc(-c2ccccc2)c(C(C)=O)c(Nc2ccc(C(=O)CCC(=O)ONS(=O)(=O)c3ccc(Nc4c(C(C)=O)c(-c5ccccc5)nn(CC)c4=O)cc3)cc2)c1=O. The number of Topliss-reactive ketones (excluding diaryl/α,β-unsaturated/α-hetero) is 3. The van der Waals surface area contributed by atoms with Crippen LogP contribution in [0.4, 0.5) is 22.7 Å². The number of sulfonamides is 1. The van der Waals surface area contributed by atoms with Gasteiger partial charge in [-0.1, -0.05) is 60.7 Å². The minimum atomic E-state index is -4.38. The van der Waals surface area contributed by atoms with Crippen LogP contribution in [0.2, 0.25) is 0 Å². The zero-order chi connectivity index (χ0) is 43.8. The summed E-state index contributed by atoms with van der Waals surface area (Å²) in [5, 5.41) is 14.8. The van der Waals surface area contributed by atoms with E-state index in [0.29, 0.717) is 33.9 Å². The Morgan fingerprint density at radius 2 is 1.03 bits per heavy atom. The van der Waals surface area contributed by atoms with Crippen LogP contribution in [0.1, 0.15) is 71.6 Å². The molecule has 6 aromatic rings. The second-order valence-corrected chi connectivity index (χ2v) is 15.3. The molecule has 0 amide bonds. The third kappa shape index (κ3) is 9.75. The number of hydrogen-bond donors (Lipinski definition) is 3. The molecule has 0 atom stereocenters. The molecule has 17 heteroatoms. The maximum absolute atomic E-state index is 13.3. The monoisotopic (exact) mass is 843 g/mol. The van der Waals surface area contributed by atoms with Crippen LogP contribution in [0.25, 0.3) is 22.5 Å². The second-order valence-electron chi connectivity index (χ2n) is 13.6. The van der Waals surface area contributed by atoms with Gasteiger partial charge in [-0.25, -0.2) is 17.8 Å². The van der Waals surface area contributed by atoms with Crippen LogP contribution < -0.4 is 26.6 Å². The summed E-state index contributed by atoms with van der Waals surface area (Å²) in [6, 6.07) is 29.2. The molecule has 16 nitrogen and oxygen atoms in total. The summed E-state index contributed by atoms with van der Waals surface area (Å²) in [5.74, 6) is -2.22. The number of benzene rings is 4. The molecule has 0 saturated carbocycles. The van der Waals surface area contributed by atoms with E-state index in [2.05, 4.69) is 20.8 Å². The van der Waals surface area contributed by atoms with E-state index in [-0.39, 0.29) is 58.3 Å². The number of nitrogens with zero attached hydrogens (tertiary/aromatic N) is 4. The first-order valence-electron chi connectivity index (χ1n) is 19.1. The minimum Gasteiger partial charge on any atom is -0.356 e. The summed E-state index contributed by atoms with van der Waals surface area (Å²) < 4.78 is 28.5. The van der Waals surface area contributed by atoms with Crippen LogP contribution in [0.5, 0.6) is 0 Å². The van der Waals surface area contributed by atoms with Gasteiger partial charge in [0.15, 0.2) is 17.3 Å². The fourth-order valence-electron chi connectivity index (χ4n) is 6.39. The highest BCUT2D eigenvalue weighted by Gasteiger charge is 2.24. The molecular formula is C44H41N7O9S. The lowest BCUT2D eigenvalue weighted by molar-refractivity contribution is -0.147. The number of hydrogen-bond acceptors (Lipinski definition) is 13. The second kappa shape index (κ2) is 18.7. The number of nitrogens with one attached hydrogen (secondary N) is 3. The Kier molecular flexibility index (Phi) is 13.2. The highest BCUT2D eigenvalue weighted by Crippen LogP contribution is 2.30. The zero-order valence-electron chi connectivity index (χ0n) is 33.6. The molecule has 0 spiro atoms. The van der Waals surface area contributed by atoms with Crippen molar-refractivity contribution >= 4 is 56.1 Å². The molecule has 2 heterocycles. The van der Waals surface area contributed by atoms with E-state index in [0.717, 1.165) is 0 Å². The Bertz CT molecular complexity index is 2860. The van der Waals surface area contributed by atoms with Crippen molar-refractivity contribution in [1.82, 2.24) is 24.4 Å². The van der Waals surface area contributed by atoms with Crippen LogP contribution in [0.15, 0.2) is 124 Å². The summed E-state index contributed by atoms with van der Waals surface area (Å²) in [5.41, 5.74) is 2.04. The first-order chi connectivity index (χ1) is 29.2. The number of carbonyl (C=O) groups is 4. The fourth-order valence-corrected chi connectivity index (χ4v) is 7.18. The summed E-state index contributed by atoms with van der Waals surface area (Å²) in [4.78, 5) is 84.1. The van der Waals surface area contributed by atoms with Gasteiger partial charge in [0.25, 0.3) is 21.1 Å². The van der Waals surface area contributed by atoms with Crippen molar-refractivity contribution in [3.8, 4) is 22.5 Å². The maximum atomic E-state index is 13.3. The van der Waals surface area contributed by atoms with Gasteiger partial charge in [0.05, 0.1) is 22.4 Å². The van der Waals surface area contributed by atoms with Gasteiger partial charge in [0.2, 0.25) is 0 Å². The van der Waals surface area contributed by atoms with Crippen molar-refractivity contribution in [2.24, 2.45) is 0 Å². The third-order valence-corrected chi connectivity index (χ3v) is 10.6. The summed E-state index contributed by atoms with van der Waals surface area (Å²) in [6.45, 7) is 6.66. The van der Waals surface area contributed by atoms with Crippen molar-refractivity contribution in [1.29, 1.82) is 0 Å². The minimum absolute atomic E-state index is 0.0265. The van der Waals surface area contributed by atoms with Gasteiger partial charge in [0, 0.05) is 47.6 Å². The van der Waals surface area contributed by atoms with Crippen molar-refractivity contribution < 1.29 is 32.4 Å². The Balaban J connectivity index is 1.08. The quantitative estimate of drug-likeness (QED) is 0.0664. The van der Waals surface area contributed by atoms with Gasteiger partial charge in [0.1, 0.15) is 22.8 Å². The van der Waals surface area contributed by atoms with Gasteiger partial charge in [-0.15, -0.1) is 0 Å². The van der Waals surface area contributed by atoms with E-state index < -0.39 is 45.1 Å². The molecule has 312 valence electrons. The number of anilines is 4. The lowest BCUT2D eigenvalue weighted by Crippen LogP contribution is -2.28. The smallest absolute Gasteiger partial charge is 0.326 e. The largest absolute Gasteiger partial charge is 0.356 e. The molecule has 0 bridgehead atoms. The number of ketones is 3. The maximum Gasteiger partial charge on any atom is 0.326 e. The van der Waals surface area contributed by atoms with Gasteiger partial charge in [-0.2, -0.15) is 10.2 Å². The molecule has 4 aromatic carbocycles.